The Morgan fingerprint density at radius 1 is 1.17 bits per heavy atom. The largest absolute Gasteiger partial charge is 0.373 e. The molecule has 1 heterocycles. The number of benzene rings is 1. The fraction of sp³-hybridized carbons (Fsp3) is 0.682. The lowest BCUT2D eigenvalue weighted by molar-refractivity contribution is -0.0939. The molecule has 0 amide bonds. The summed E-state index contributed by atoms with van der Waals surface area (Å²) in [5.41, 5.74) is 1.03. The molecule has 7 nitrogen and oxygen atoms in total. The van der Waals surface area contributed by atoms with Crippen molar-refractivity contribution in [2.24, 2.45) is 4.99 Å². The number of morpholine rings is 1. The third kappa shape index (κ3) is 7.56. The number of aliphatic imine (C=N–C) groups is 1. The van der Waals surface area contributed by atoms with E-state index < -0.39 is 9.84 Å². The van der Waals surface area contributed by atoms with Gasteiger partial charge in [-0.15, -0.1) is 0 Å². The van der Waals surface area contributed by atoms with E-state index in [0.717, 1.165) is 44.1 Å². The number of nitrogens with one attached hydrogen (secondary N) is 2. The SMILES string of the molecule is CCNC(=NCC(C)(C)N1CC(C)OC(C)C1)NCCc1ccc(S(C)(=O)=O)cc1. The van der Waals surface area contributed by atoms with Crippen molar-refractivity contribution in [3.05, 3.63) is 29.8 Å². The summed E-state index contributed by atoms with van der Waals surface area (Å²) in [6.45, 7) is 14.8. The zero-order valence-electron chi connectivity index (χ0n) is 19.2. The Labute approximate surface area is 182 Å². The summed E-state index contributed by atoms with van der Waals surface area (Å²) >= 11 is 0. The summed E-state index contributed by atoms with van der Waals surface area (Å²) in [6, 6.07) is 7.06. The molecule has 0 aromatic heterocycles. The lowest BCUT2D eigenvalue weighted by Crippen LogP contribution is -2.56. The maximum atomic E-state index is 11.6. The van der Waals surface area contributed by atoms with E-state index in [1.165, 1.54) is 6.26 Å². The molecule has 1 aliphatic heterocycles. The predicted molar refractivity (Wildman–Crippen MR) is 123 cm³/mol. The van der Waals surface area contributed by atoms with Crippen molar-refractivity contribution in [3.63, 3.8) is 0 Å². The second-order valence-corrected chi connectivity index (χ2v) is 10.8. The number of rotatable bonds is 8. The number of nitrogens with zero attached hydrogens (tertiary/aromatic N) is 2. The van der Waals surface area contributed by atoms with Gasteiger partial charge < -0.3 is 15.4 Å². The van der Waals surface area contributed by atoms with E-state index in [-0.39, 0.29) is 17.7 Å². The minimum Gasteiger partial charge on any atom is -0.373 e. The first-order valence-corrected chi connectivity index (χ1v) is 12.6. The van der Waals surface area contributed by atoms with Crippen molar-refractivity contribution >= 4 is 15.8 Å². The van der Waals surface area contributed by atoms with Gasteiger partial charge in [0.2, 0.25) is 0 Å². The van der Waals surface area contributed by atoms with Crippen LogP contribution in [0.4, 0.5) is 0 Å². The number of sulfone groups is 1. The van der Waals surface area contributed by atoms with E-state index in [9.17, 15) is 8.42 Å². The van der Waals surface area contributed by atoms with E-state index in [2.05, 4.69) is 50.2 Å². The smallest absolute Gasteiger partial charge is 0.191 e. The third-order valence-electron chi connectivity index (χ3n) is 5.30. The van der Waals surface area contributed by atoms with Crippen molar-refractivity contribution in [1.82, 2.24) is 15.5 Å². The van der Waals surface area contributed by atoms with Gasteiger partial charge in [-0.25, -0.2) is 8.42 Å². The van der Waals surface area contributed by atoms with Crippen molar-refractivity contribution in [1.29, 1.82) is 0 Å². The van der Waals surface area contributed by atoms with Crippen molar-refractivity contribution in [2.75, 3.05) is 39.0 Å². The van der Waals surface area contributed by atoms with Crippen LogP contribution in [0.2, 0.25) is 0 Å². The first-order valence-electron chi connectivity index (χ1n) is 10.7. The Bertz CT molecular complexity index is 796. The van der Waals surface area contributed by atoms with Crippen molar-refractivity contribution in [2.45, 2.75) is 63.7 Å². The minimum atomic E-state index is -3.16. The second-order valence-electron chi connectivity index (χ2n) is 8.76. The van der Waals surface area contributed by atoms with Gasteiger partial charge >= 0.3 is 0 Å². The fourth-order valence-electron chi connectivity index (χ4n) is 3.61. The van der Waals surface area contributed by atoms with Crippen LogP contribution in [-0.2, 0) is 21.0 Å². The van der Waals surface area contributed by atoms with Gasteiger partial charge in [0.1, 0.15) is 0 Å². The summed E-state index contributed by atoms with van der Waals surface area (Å²) in [5, 5.41) is 6.69. The lowest BCUT2D eigenvalue weighted by atomic mass is 10.0. The molecule has 0 radical (unpaired) electrons. The molecule has 1 aromatic carbocycles. The van der Waals surface area contributed by atoms with Gasteiger partial charge in [0.15, 0.2) is 15.8 Å². The molecular weight excluding hydrogens is 400 g/mol. The average molecular weight is 439 g/mol. The highest BCUT2D eigenvalue weighted by Gasteiger charge is 2.33. The number of guanidine groups is 1. The topological polar surface area (TPSA) is 83.0 Å². The van der Waals surface area contributed by atoms with Crippen LogP contribution in [0.15, 0.2) is 34.2 Å². The highest BCUT2D eigenvalue weighted by atomic mass is 32.2. The molecule has 8 heteroatoms. The van der Waals surface area contributed by atoms with Crippen LogP contribution < -0.4 is 10.6 Å². The molecule has 2 unspecified atom stereocenters. The standard InChI is InChI=1S/C22H38N4O3S/c1-7-23-21(24-13-12-19-8-10-20(11-9-19)30(6,27)28)25-16-22(4,5)26-14-17(2)29-18(3)15-26/h8-11,17-18H,7,12-16H2,1-6H3,(H2,23,24,25). The van der Waals surface area contributed by atoms with E-state index in [4.69, 9.17) is 9.73 Å². The summed E-state index contributed by atoms with van der Waals surface area (Å²) < 4.78 is 29.0. The Hall–Kier alpha value is -1.64. The monoisotopic (exact) mass is 438 g/mol. The zero-order chi connectivity index (χ0) is 22.4. The maximum Gasteiger partial charge on any atom is 0.191 e. The summed E-state index contributed by atoms with van der Waals surface area (Å²) in [7, 11) is -3.16. The lowest BCUT2D eigenvalue weighted by Gasteiger charge is -2.44. The molecule has 1 aliphatic rings. The molecule has 2 rings (SSSR count). The molecular formula is C22H38N4O3S. The molecule has 2 N–H and O–H groups in total. The fourth-order valence-corrected chi connectivity index (χ4v) is 4.25. The van der Waals surface area contributed by atoms with E-state index >= 15 is 0 Å². The quantitative estimate of drug-likeness (QED) is 0.478. The Morgan fingerprint density at radius 2 is 1.77 bits per heavy atom. The van der Waals surface area contributed by atoms with Gasteiger partial charge in [0, 0.05) is 38.0 Å². The maximum absolute atomic E-state index is 11.6. The Balaban J connectivity index is 1.92. The molecule has 0 spiro atoms. The molecule has 1 saturated heterocycles. The zero-order valence-corrected chi connectivity index (χ0v) is 20.1. The van der Waals surface area contributed by atoms with Crippen LogP contribution in [-0.4, -0.2) is 76.0 Å². The molecule has 30 heavy (non-hydrogen) atoms. The van der Waals surface area contributed by atoms with Gasteiger partial charge in [0.05, 0.1) is 23.6 Å². The molecule has 170 valence electrons. The van der Waals surface area contributed by atoms with Crippen molar-refractivity contribution < 1.29 is 13.2 Å². The van der Waals surface area contributed by atoms with E-state index in [0.29, 0.717) is 11.4 Å². The van der Waals surface area contributed by atoms with Crippen LogP contribution in [0.3, 0.4) is 0 Å². The highest BCUT2D eigenvalue weighted by molar-refractivity contribution is 7.90. The molecule has 0 bridgehead atoms. The Morgan fingerprint density at radius 3 is 2.30 bits per heavy atom. The Kier molecular flexibility index (Phi) is 8.70. The predicted octanol–water partition coefficient (Wildman–Crippen LogP) is 2.08. The molecule has 2 atom stereocenters. The van der Waals surface area contributed by atoms with Crippen LogP contribution in [0.1, 0.15) is 40.2 Å². The number of hydrogen-bond acceptors (Lipinski definition) is 5. The normalized spacial score (nSPS) is 21.5. The first-order chi connectivity index (χ1) is 14.0. The van der Waals surface area contributed by atoms with E-state index in [1.807, 2.05) is 12.1 Å². The highest BCUT2D eigenvalue weighted by Crippen LogP contribution is 2.21. The summed E-state index contributed by atoms with van der Waals surface area (Å²) in [6.07, 6.45) is 2.48. The third-order valence-corrected chi connectivity index (χ3v) is 6.43. The van der Waals surface area contributed by atoms with E-state index in [1.54, 1.807) is 12.1 Å². The first kappa shape index (κ1) is 24.6. The molecule has 1 aromatic rings. The summed E-state index contributed by atoms with van der Waals surface area (Å²) in [5.74, 6) is 0.799. The van der Waals surface area contributed by atoms with Gasteiger partial charge in [-0.3, -0.25) is 9.89 Å². The molecule has 0 aliphatic carbocycles. The average Bonchev–Trinajstić information content (AvgIpc) is 2.65. The van der Waals surface area contributed by atoms with Crippen LogP contribution >= 0.6 is 0 Å². The van der Waals surface area contributed by atoms with Gasteiger partial charge in [-0.1, -0.05) is 12.1 Å². The van der Waals surface area contributed by atoms with Gasteiger partial charge in [-0.05, 0) is 58.7 Å². The number of ether oxygens (including phenoxy) is 1. The number of hydrogen-bond donors (Lipinski definition) is 2. The van der Waals surface area contributed by atoms with Gasteiger partial charge in [-0.2, -0.15) is 0 Å². The van der Waals surface area contributed by atoms with Crippen LogP contribution in [0.25, 0.3) is 0 Å². The minimum absolute atomic E-state index is 0.0594. The van der Waals surface area contributed by atoms with Crippen LogP contribution in [0, 0.1) is 0 Å². The molecule has 1 fully saturated rings. The second kappa shape index (κ2) is 10.6. The van der Waals surface area contributed by atoms with Crippen LogP contribution in [0.5, 0.6) is 0 Å². The van der Waals surface area contributed by atoms with Crippen molar-refractivity contribution in [3.8, 4) is 0 Å². The molecule has 0 saturated carbocycles. The van der Waals surface area contributed by atoms with Gasteiger partial charge in [0.25, 0.3) is 0 Å². The summed E-state index contributed by atoms with van der Waals surface area (Å²) in [4.78, 5) is 7.63.